The molecule has 2 aromatic heterocycles. The molecule has 1 aromatic carbocycles. The Bertz CT molecular complexity index is 786. The Labute approximate surface area is 122 Å². The van der Waals surface area contributed by atoms with Crippen molar-refractivity contribution in [2.75, 3.05) is 0 Å². The minimum absolute atomic E-state index is 0.0798. The summed E-state index contributed by atoms with van der Waals surface area (Å²) in [5.74, 6) is -0.0798. The number of carbonyl (C=O) groups is 1. The molecule has 0 spiro atoms. The molecule has 0 saturated heterocycles. The summed E-state index contributed by atoms with van der Waals surface area (Å²) in [5, 5.41) is 10.7. The van der Waals surface area contributed by atoms with E-state index in [0.29, 0.717) is 5.56 Å². The summed E-state index contributed by atoms with van der Waals surface area (Å²) in [5.41, 5.74) is 5.00. The van der Waals surface area contributed by atoms with E-state index in [1.165, 1.54) is 5.56 Å². The lowest BCUT2D eigenvalue weighted by Gasteiger charge is -2.12. The topological polar surface area (TPSA) is 73.6 Å². The quantitative estimate of drug-likeness (QED) is 0.691. The summed E-state index contributed by atoms with van der Waals surface area (Å²) in [7, 11) is 0. The molecule has 0 aliphatic heterocycles. The van der Waals surface area contributed by atoms with Gasteiger partial charge >= 0.3 is 0 Å². The van der Waals surface area contributed by atoms with Gasteiger partial charge in [-0.2, -0.15) is 5.10 Å². The van der Waals surface area contributed by atoms with Gasteiger partial charge in [0.2, 0.25) is 0 Å². The number of amides is 1. The molecule has 2 heterocycles. The molecule has 1 amide bonds. The fourth-order valence-electron chi connectivity index (χ4n) is 2.46. The highest BCUT2D eigenvalue weighted by molar-refractivity contribution is 5.99. The van der Waals surface area contributed by atoms with E-state index in [0.717, 1.165) is 22.2 Å². The lowest BCUT2D eigenvalue weighted by Crippen LogP contribution is -2.26. The van der Waals surface area contributed by atoms with Gasteiger partial charge in [-0.05, 0) is 44.5 Å². The van der Waals surface area contributed by atoms with Gasteiger partial charge in [0.15, 0.2) is 0 Å². The lowest BCUT2D eigenvalue weighted by molar-refractivity contribution is 0.0940. The highest BCUT2D eigenvalue weighted by Crippen LogP contribution is 2.22. The maximum absolute atomic E-state index is 12.4. The molecular weight excluding hydrogens is 264 g/mol. The van der Waals surface area contributed by atoms with Gasteiger partial charge in [-0.3, -0.25) is 9.89 Å². The Morgan fingerprint density at radius 1 is 1.33 bits per heavy atom. The number of aromatic nitrogens is 3. The van der Waals surface area contributed by atoms with Gasteiger partial charge in [-0.15, -0.1) is 0 Å². The predicted octanol–water partition coefficient (Wildman–Crippen LogP) is 3.00. The molecule has 0 aliphatic carbocycles. The van der Waals surface area contributed by atoms with Crippen LogP contribution in [0.5, 0.6) is 0 Å². The van der Waals surface area contributed by atoms with Crippen molar-refractivity contribution in [3.8, 4) is 0 Å². The summed E-state index contributed by atoms with van der Waals surface area (Å²) in [4.78, 5) is 15.7. The van der Waals surface area contributed by atoms with Crippen molar-refractivity contribution in [2.45, 2.75) is 26.8 Å². The van der Waals surface area contributed by atoms with Crippen LogP contribution >= 0.6 is 0 Å². The van der Waals surface area contributed by atoms with E-state index in [2.05, 4.69) is 27.4 Å². The smallest absolute Gasteiger partial charge is 0.251 e. The Balaban J connectivity index is 1.86. The maximum Gasteiger partial charge on any atom is 0.251 e. The van der Waals surface area contributed by atoms with Gasteiger partial charge in [0.05, 0.1) is 12.2 Å². The first kappa shape index (κ1) is 13.4. The van der Waals surface area contributed by atoms with Gasteiger partial charge in [-0.1, -0.05) is 0 Å². The third-order valence-corrected chi connectivity index (χ3v) is 3.94. The molecule has 0 radical (unpaired) electrons. The number of nitrogens with zero attached hydrogens (tertiary/aromatic N) is 1. The van der Waals surface area contributed by atoms with Gasteiger partial charge in [0.1, 0.15) is 0 Å². The molecule has 3 N–H and O–H groups in total. The van der Waals surface area contributed by atoms with Crippen LogP contribution < -0.4 is 5.32 Å². The van der Waals surface area contributed by atoms with Crippen LogP contribution in [0, 0.1) is 13.8 Å². The SMILES string of the molecule is Cc1[nH]c2ccc(C(=O)NC(C)c3cn[nH]c3)cc2c1C. The van der Waals surface area contributed by atoms with E-state index in [-0.39, 0.29) is 11.9 Å². The molecule has 0 saturated carbocycles. The molecule has 0 aliphatic rings. The third-order valence-electron chi connectivity index (χ3n) is 3.94. The fourth-order valence-corrected chi connectivity index (χ4v) is 2.46. The molecular formula is C16H18N4O. The van der Waals surface area contributed by atoms with Crippen molar-refractivity contribution in [2.24, 2.45) is 0 Å². The van der Waals surface area contributed by atoms with E-state index < -0.39 is 0 Å². The summed E-state index contributed by atoms with van der Waals surface area (Å²) < 4.78 is 0. The van der Waals surface area contributed by atoms with E-state index in [1.54, 1.807) is 12.4 Å². The van der Waals surface area contributed by atoms with Gasteiger partial charge < -0.3 is 10.3 Å². The Kier molecular flexibility index (Phi) is 3.25. The zero-order valence-electron chi connectivity index (χ0n) is 12.3. The zero-order valence-corrected chi connectivity index (χ0v) is 12.3. The van der Waals surface area contributed by atoms with Crippen molar-refractivity contribution in [1.29, 1.82) is 0 Å². The minimum Gasteiger partial charge on any atom is -0.358 e. The molecule has 0 fully saturated rings. The van der Waals surface area contributed by atoms with E-state index >= 15 is 0 Å². The van der Waals surface area contributed by atoms with Crippen molar-refractivity contribution >= 4 is 16.8 Å². The summed E-state index contributed by atoms with van der Waals surface area (Å²) in [6.45, 7) is 6.03. The van der Waals surface area contributed by atoms with Gasteiger partial charge in [-0.25, -0.2) is 0 Å². The number of benzene rings is 1. The highest BCUT2D eigenvalue weighted by atomic mass is 16.1. The van der Waals surface area contributed by atoms with Crippen LogP contribution in [0.2, 0.25) is 0 Å². The van der Waals surface area contributed by atoms with Crippen LogP contribution in [0.3, 0.4) is 0 Å². The summed E-state index contributed by atoms with van der Waals surface area (Å²) in [6, 6.07) is 5.65. The lowest BCUT2D eigenvalue weighted by atomic mass is 10.1. The first-order valence-corrected chi connectivity index (χ1v) is 6.94. The van der Waals surface area contributed by atoms with Crippen molar-refractivity contribution in [1.82, 2.24) is 20.5 Å². The third kappa shape index (κ3) is 2.42. The largest absolute Gasteiger partial charge is 0.358 e. The number of hydrogen-bond donors (Lipinski definition) is 3. The van der Waals surface area contributed by atoms with Crippen LogP contribution in [0.4, 0.5) is 0 Å². The van der Waals surface area contributed by atoms with Crippen LogP contribution in [-0.4, -0.2) is 21.1 Å². The first-order chi connectivity index (χ1) is 10.1. The van der Waals surface area contributed by atoms with Crippen LogP contribution in [0.25, 0.3) is 10.9 Å². The predicted molar refractivity (Wildman–Crippen MR) is 82.2 cm³/mol. The van der Waals surface area contributed by atoms with Crippen molar-refractivity contribution in [3.63, 3.8) is 0 Å². The molecule has 0 bridgehead atoms. The second-order valence-corrected chi connectivity index (χ2v) is 5.36. The minimum atomic E-state index is -0.0824. The number of fused-ring (bicyclic) bond motifs is 1. The van der Waals surface area contributed by atoms with Crippen LogP contribution in [0.15, 0.2) is 30.6 Å². The normalized spacial score (nSPS) is 12.5. The molecule has 1 atom stereocenters. The number of aryl methyl sites for hydroxylation is 2. The van der Waals surface area contributed by atoms with Crippen molar-refractivity contribution < 1.29 is 4.79 Å². The Morgan fingerprint density at radius 2 is 2.14 bits per heavy atom. The Morgan fingerprint density at radius 3 is 2.86 bits per heavy atom. The molecule has 5 nitrogen and oxygen atoms in total. The monoisotopic (exact) mass is 282 g/mol. The van der Waals surface area contributed by atoms with E-state index in [4.69, 9.17) is 0 Å². The number of carbonyl (C=O) groups excluding carboxylic acids is 1. The van der Waals surface area contributed by atoms with Crippen LogP contribution in [-0.2, 0) is 0 Å². The van der Waals surface area contributed by atoms with Crippen LogP contribution in [0.1, 0.15) is 40.1 Å². The number of rotatable bonds is 3. The highest BCUT2D eigenvalue weighted by Gasteiger charge is 2.13. The van der Waals surface area contributed by atoms with E-state index in [9.17, 15) is 4.79 Å². The number of aromatic amines is 2. The Hall–Kier alpha value is -2.56. The standard InChI is InChI=1S/C16H18N4O/c1-9-10(2)19-15-5-4-12(6-14(9)15)16(21)20-11(3)13-7-17-18-8-13/h4-8,11,19H,1-3H3,(H,17,18)(H,20,21). The van der Waals surface area contributed by atoms with Gasteiger partial charge in [0.25, 0.3) is 5.91 Å². The fraction of sp³-hybridized carbons (Fsp3) is 0.250. The molecule has 5 heteroatoms. The maximum atomic E-state index is 12.4. The zero-order chi connectivity index (χ0) is 15.0. The average Bonchev–Trinajstić information content (AvgIpc) is 3.08. The van der Waals surface area contributed by atoms with Gasteiger partial charge in [0, 0.05) is 33.9 Å². The summed E-state index contributed by atoms with van der Waals surface area (Å²) in [6.07, 6.45) is 3.50. The van der Waals surface area contributed by atoms with Crippen molar-refractivity contribution in [3.05, 3.63) is 53.0 Å². The number of hydrogen-bond acceptors (Lipinski definition) is 2. The number of H-pyrrole nitrogens is 2. The molecule has 108 valence electrons. The second kappa shape index (κ2) is 5.09. The van der Waals surface area contributed by atoms with E-state index in [1.807, 2.05) is 32.0 Å². The first-order valence-electron chi connectivity index (χ1n) is 6.94. The molecule has 1 unspecified atom stereocenters. The molecule has 3 rings (SSSR count). The molecule has 3 aromatic rings. The average molecular weight is 282 g/mol. The molecule has 21 heavy (non-hydrogen) atoms. The number of nitrogens with one attached hydrogen (secondary N) is 3. The summed E-state index contributed by atoms with van der Waals surface area (Å²) >= 11 is 0. The second-order valence-electron chi connectivity index (χ2n) is 5.36.